The zero-order valence-electron chi connectivity index (χ0n) is 26.7. The number of unbranched alkanes of at least 4 members (excludes halogenated alkanes) is 1. The molecule has 0 bridgehead atoms. The zero-order chi connectivity index (χ0) is 33.7. The van der Waals surface area contributed by atoms with Crippen molar-refractivity contribution in [3.63, 3.8) is 0 Å². The summed E-state index contributed by atoms with van der Waals surface area (Å²) in [6, 6.07) is -3.88. The van der Waals surface area contributed by atoms with Crippen LogP contribution in [0.25, 0.3) is 0 Å². The molecule has 4 amide bonds. The number of carbonyl (C=O) groups excluding carboxylic acids is 6. The quantitative estimate of drug-likeness (QED) is 0.0354. The monoisotopic (exact) mass is 637 g/mol. The number of nitrogens with one attached hydrogen (secondary N) is 2. The van der Waals surface area contributed by atoms with Crippen LogP contribution in [0.2, 0.25) is 0 Å². The minimum Gasteiger partial charge on any atom is -0.454 e. The van der Waals surface area contributed by atoms with E-state index in [2.05, 4.69) is 15.6 Å². The van der Waals surface area contributed by atoms with E-state index in [0.717, 1.165) is 0 Å². The SMILES string of the molecule is CC(C)(C)OC(=O)C(=O)[C@H](CCCCN)NC(=O)[C@@H]1CCCN1C(=O)[C@H](CCCN=C(N)N)NC(=O)[C@@H]1CCCN1C(=O)CN. The number of carbonyl (C=O) groups is 6. The summed E-state index contributed by atoms with van der Waals surface area (Å²) in [5.74, 6) is -3.97. The van der Waals surface area contributed by atoms with Gasteiger partial charge in [-0.25, -0.2) is 4.79 Å². The van der Waals surface area contributed by atoms with E-state index >= 15 is 0 Å². The second-order valence-electron chi connectivity index (χ2n) is 12.4. The molecule has 16 heteroatoms. The Hall–Kier alpha value is -3.79. The van der Waals surface area contributed by atoms with Gasteiger partial charge in [0.1, 0.15) is 23.7 Å². The number of hydrogen-bond donors (Lipinski definition) is 6. The van der Waals surface area contributed by atoms with Crippen LogP contribution in [-0.2, 0) is 33.5 Å². The molecule has 2 rings (SSSR count). The summed E-state index contributed by atoms with van der Waals surface area (Å²) in [5.41, 5.74) is 21.1. The molecule has 10 N–H and O–H groups in total. The van der Waals surface area contributed by atoms with E-state index in [9.17, 15) is 28.8 Å². The number of nitrogens with zero attached hydrogens (tertiary/aromatic N) is 3. The number of Topliss-reactive ketones (excluding diaryl/α,β-unsaturated/α-hetero) is 1. The Morgan fingerprint density at radius 1 is 0.844 bits per heavy atom. The highest BCUT2D eigenvalue weighted by molar-refractivity contribution is 6.36. The normalized spacial score (nSPS) is 19.4. The molecule has 45 heavy (non-hydrogen) atoms. The summed E-state index contributed by atoms with van der Waals surface area (Å²) in [6.07, 6.45) is 3.64. The van der Waals surface area contributed by atoms with Crippen molar-refractivity contribution in [2.24, 2.45) is 27.9 Å². The number of guanidine groups is 1. The first-order valence-electron chi connectivity index (χ1n) is 15.6. The van der Waals surface area contributed by atoms with Gasteiger partial charge in [0.15, 0.2) is 5.96 Å². The topological polar surface area (TPSA) is 259 Å². The highest BCUT2D eigenvalue weighted by Gasteiger charge is 2.41. The van der Waals surface area contributed by atoms with E-state index in [4.69, 9.17) is 27.7 Å². The summed E-state index contributed by atoms with van der Waals surface area (Å²) in [7, 11) is 0. The van der Waals surface area contributed by atoms with Gasteiger partial charge in [-0.1, -0.05) is 0 Å². The van der Waals surface area contributed by atoms with Crippen LogP contribution >= 0.6 is 0 Å². The number of esters is 1. The Morgan fingerprint density at radius 2 is 1.40 bits per heavy atom. The number of aliphatic imine (C=N–C) groups is 1. The molecule has 0 radical (unpaired) electrons. The van der Waals surface area contributed by atoms with Crippen LogP contribution < -0.4 is 33.6 Å². The largest absolute Gasteiger partial charge is 0.454 e. The van der Waals surface area contributed by atoms with Gasteiger partial charge in [-0.2, -0.15) is 0 Å². The summed E-state index contributed by atoms with van der Waals surface area (Å²) in [6.45, 7) is 5.89. The van der Waals surface area contributed by atoms with Crippen molar-refractivity contribution in [3.05, 3.63) is 0 Å². The van der Waals surface area contributed by atoms with Gasteiger partial charge in [0.2, 0.25) is 23.6 Å². The molecule has 16 nitrogen and oxygen atoms in total. The molecular weight excluding hydrogens is 586 g/mol. The van der Waals surface area contributed by atoms with E-state index in [1.165, 1.54) is 9.80 Å². The van der Waals surface area contributed by atoms with Crippen molar-refractivity contribution < 1.29 is 33.5 Å². The second-order valence-corrected chi connectivity index (χ2v) is 12.4. The third-order valence-corrected chi connectivity index (χ3v) is 7.63. The van der Waals surface area contributed by atoms with Crippen molar-refractivity contribution >= 4 is 41.3 Å². The molecule has 2 fully saturated rings. The Labute approximate surface area is 264 Å². The minimum absolute atomic E-state index is 0.109. The minimum atomic E-state index is -1.15. The van der Waals surface area contributed by atoms with E-state index in [1.807, 2.05) is 0 Å². The van der Waals surface area contributed by atoms with E-state index in [1.54, 1.807) is 20.8 Å². The fourth-order valence-electron chi connectivity index (χ4n) is 5.49. The fraction of sp³-hybridized carbons (Fsp3) is 0.759. The van der Waals surface area contributed by atoms with Gasteiger partial charge >= 0.3 is 5.97 Å². The maximum atomic E-state index is 13.9. The fourth-order valence-corrected chi connectivity index (χ4v) is 5.49. The number of amides is 4. The molecule has 254 valence electrons. The molecule has 0 saturated carbocycles. The van der Waals surface area contributed by atoms with E-state index in [0.29, 0.717) is 58.0 Å². The number of ketones is 1. The first-order valence-corrected chi connectivity index (χ1v) is 15.6. The molecule has 0 aromatic rings. The van der Waals surface area contributed by atoms with Gasteiger partial charge in [-0.05, 0) is 85.1 Å². The third-order valence-electron chi connectivity index (χ3n) is 7.63. The lowest BCUT2D eigenvalue weighted by Gasteiger charge is -2.31. The Bertz CT molecular complexity index is 1100. The molecule has 2 aliphatic heterocycles. The number of likely N-dealkylation sites (tertiary alicyclic amines) is 2. The predicted molar refractivity (Wildman–Crippen MR) is 166 cm³/mol. The van der Waals surface area contributed by atoms with Crippen molar-refractivity contribution in [1.29, 1.82) is 0 Å². The molecule has 0 aromatic heterocycles. The van der Waals surface area contributed by atoms with Crippen LogP contribution in [-0.4, -0.2) is 114 Å². The molecule has 0 aromatic carbocycles. The smallest absolute Gasteiger partial charge is 0.377 e. The van der Waals surface area contributed by atoms with Crippen molar-refractivity contribution in [1.82, 2.24) is 20.4 Å². The first-order chi connectivity index (χ1) is 21.2. The summed E-state index contributed by atoms with van der Waals surface area (Å²) in [5, 5.41) is 5.46. The molecule has 0 unspecified atom stereocenters. The van der Waals surface area contributed by atoms with Crippen molar-refractivity contribution in [2.45, 2.75) is 108 Å². The van der Waals surface area contributed by atoms with Crippen LogP contribution in [0, 0.1) is 0 Å². The van der Waals surface area contributed by atoms with Crippen LogP contribution in [0.1, 0.15) is 78.6 Å². The van der Waals surface area contributed by atoms with Crippen LogP contribution in [0.15, 0.2) is 4.99 Å². The lowest BCUT2D eigenvalue weighted by Crippen LogP contribution is -2.57. The summed E-state index contributed by atoms with van der Waals surface area (Å²) >= 11 is 0. The number of hydrogen-bond acceptors (Lipinski definition) is 10. The van der Waals surface area contributed by atoms with Gasteiger partial charge in [0.25, 0.3) is 5.78 Å². The van der Waals surface area contributed by atoms with Gasteiger partial charge in [0, 0.05) is 19.6 Å². The van der Waals surface area contributed by atoms with E-state index < -0.39 is 59.2 Å². The van der Waals surface area contributed by atoms with Gasteiger partial charge in [0.05, 0.1) is 12.6 Å². The highest BCUT2D eigenvalue weighted by Crippen LogP contribution is 2.22. The van der Waals surface area contributed by atoms with Crippen LogP contribution in [0.4, 0.5) is 0 Å². The van der Waals surface area contributed by atoms with E-state index in [-0.39, 0.29) is 44.3 Å². The molecule has 2 aliphatic rings. The van der Waals surface area contributed by atoms with Gasteiger partial charge in [-0.3, -0.25) is 29.0 Å². The zero-order valence-corrected chi connectivity index (χ0v) is 26.7. The highest BCUT2D eigenvalue weighted by atomic mass is 16.6. The third kappa shape index (κ3) is 11.6. The van der Waals surface area contributed by atoms with Gasteiger partial charge < -0.3 is 48.1 Å². The molecular formula is C29H51N9O7. The molecule has 0 spiro atoms. The summed E-state index contributed by atoms with van der Waals surface area (Å²) < 4.78 is 5.23. The number of nitrogens with two attached hydrogens (primary N) is 4. The number of ether oxygens (including phenoxy) is 1. The first kappa shape index (κ1) is 37.4. The standard InChI is InChI=1S/C29H51N9O7/c1-29(2,3)45-27(44)23(40)18(9-4-5-13-30)35-25(42)21-12-8-16-38(21)26(43)19(10-6-14-34-28(32)33)36-24(41)20-11-7-15-37(20)22(39)17-31/h18-21H,4-17,30-31H2,1-3H3,(H,35,42)(H,36,41)(H4,32,33,34)/t18-,19-,20-,21-/m0/s1. The Kier molecular flexibility index (Phi) is 14.7. The van der Waals surface area contributed by atoms with Crippen molar-refractivity contribution in [2.75, 3.05) is 32.7 Å². The van der Waals surface area contributed by atoms with Crippen LogP contribution in [0.5, 0.6) is 0 Å². The Morgan fingerprint density at radius 3 is 1.96 bits per heavy atom. The molecule has 2 heterocycles. The lowest BCUT2D eigenvalue weighted by atomic mass is 10.0. The second kappa shape index (κ2) is 17.6. The maximum absolute atomic E-state index is 13.9. The van der Waals surface area contributed by atoms with Crippen molar-refractivity contribution in [3.8, 4) is 0 Å². The average molecular weight is 638 g/mol. The summed E-state index contributed by atoms with van der Waals surface area (Å²) in [4.78, 5) is 85.3. The van der Waals surface area contributed by atoms with Crippen LogP contribution in [0.3, 0.4) is 0 Å². The van der Waals surface area contributed by atoms with Gasteiger partial charge in [-0.15, -0.1) is 0 Å². The number of rotatable bonds is 16. The molecule has 4 atom stereocenters. The maximum Gasteiger partial charge on any atom is 0.377 e. The Balaban J connectivity index is 2.23. The average Bonchev–Trinajstić information content (AvgIpc) is 3.66. The molecule has 0 aliphatic carbocycles. The lowest BCUT2D eigenvalue weighted by molar-refractivity contribution is -0.163. The predicted octanol–water partition coefficient (Wildman–Crippen LogP) is -2.01. The molecule has 2 saturated heterocycles.